The van der Waals surface area contributed by atoms with Crippen molar-refractivity contribution in [2.45, 2.75) is 0 Å². The fourth-order valence-electron chi connectivity index (χ4n) is 2.08. The van der Waals surface area contributed by atoms with Gasteiger partial charge in [-0.25, -0.2) is 0 Å². The van der Waals surface area contributed by atoms with Gasteiger partial charge >= 0.3 is 0 Å². The van der Waals surface area contributed by atoms with E-state index in [-0.39, 0.29) is 0 Å². The van der Waals surface area contributed by atoms with Crippen LogP contribution >= 0.6 is 11.3 Å². The van der Waals surface area contributed by atoms with Crippen molar-refractivity contribution in [1.82, 2.24) is 0 Å². The molecule has 0 nitrogen and oxygen atoms in total. The molecule has 0 radical (unpaired) electrons. The molecular formula is C18H14S. The molecule has 1 aromatic heterocycles. The van der Waals surface area contributed by atoms with Gasteiger partial charge in [0.15, 0.2) is 0 Å². The average molecular weight is 262 g/mol. The molecular weight excluding hydrogens is 248 g/mol. The Bertz CT molecular complexity index is 608. The Kier molecular flexibility index (Phi) is 3.57. The summed E-state index contributed by atoms with van der Waals surface area (Å²) in [5.74, 6) is 0. The summed E-state index contributed by atoms with van der Waals surface area (Å²) in [5.41, 5.74) is 3.77. The van der Waals surface area contributed by atoms with Crippen LogP contribution in [0, 0.1) is 0 Å². The fourth-order valence-corrected chi connectivity index (χ4v) is 2.74. The van der Waals surface area contributed by atoms with Crippen LogP contribution in [0.2, 0.25) is 0 Å². The molecule has 0 aliphatic carbocycles. The molecule has 3 aromatic rings. The maximum Gasteiger partial charge on any atom is 0.0276 e. The lowest BCUT2D eigenvalue weighted by Gasteiger charge is -2.08. The van der Waals surface area contributed by atoms with E-state index in [1.165, 1.54) is 21.6 Å². The van der Waals surface area contributed by atoms with Crippen LogP contribution in [0.4, 0.5) is 0 Å². The second-order valence-corrected chi connectivity index (χ2v) is 5.28. The van der Waals surface area contributed by atoms with Gasteiger partial charge in [0.05, 0.1) is 0 Å². The van der Waals surface area contributed by atoms with Crippen LogP contribution in [0.25, 0.3) is 11.6 Å². The zero-order valence-electron chi connectivity index (χ0n) is 10.5. The van der Waals surface area contributed by atoms with E-state index in [2.05, 4.69) is 84.3 Å². The van der Waals surface area contributed by atoms with E-state index < -0.39 is 0 Å². The molecule has 0 unspecified atom stereocenters. The van der Waals surface area contributed by atoms with Crippen LogP contribution < -0.4 is 0 Å². The zero-order valence-corrected chi connectivity index (χ0v) is 11.3. The molecule has 0 saturated carbocycles. The van der Waals surface area contributed by atoms with E-state index in [4.69, 9.17) is 0 Å². The topological polar surface area (TPSA) is 0 Å². The predicted octanol–water partition coefficient (Wildman–Crippen LogP) is 5.34. The monoisotopic (exact) mass is 262 g/mol. The highest BCUT2D eigenvalue weighted by atomic mass is 32.1. The van der Waals surface area contributed by atoms with Crippen LogP contribution in [-0.4, -0.2) is 0 Å². The third-order valence-corrected chi connectivity index (χ3v) is 3.82. The summed E-state index contributed by atoms with van der Waals surface area (Å²) in [6, 6.07) is 25.3. The summed E-state index contributed by atoms with van der Waals surface area (Å²) in [6.45, 7) is 0. The molecule has 0 spiro atoms. The molecule has 0 fully saturated rings. The van der Waals surface area contributed by atoms with Crippen molar-refractivity contribution in [3.05, 3.63) is 94.2 Å². The molecule has 0 amide bonds. The molecule has 0 N–H and O–H groups in total. The highest BCUT2D eigenvalue weighted by molar-refractivity contribution is 7.10. The summed E-state index contributed by atoms with van der Waals surface area (Å²) in [6.07, 6.45) is 2.26. The zero-order chi connectivity index (χ0) is 12.9. The van der Waals surface area contributed by atoms with Gasteiger partial charge in [0.1, 0.15) is 0 Å². The van der Waals surface area contributed by atoms with E-state index in [1.807, 2.05) is 0 Å². The molecule has 1 heteroatoms. The molecule has 0 aliphatic rings. The molecule has 3 rings (SSSR count). The third-order valence-electron chi connectivity index (χ3n) is 3.00. The van der Waals surface area contributed by atoms with Crippen molar-refractivity contribution in [2.75, 3.05) is 0 Å². The van der Waals surface area contributed by atoms with Gasteiger partial charge in [-0.15, -0.1) is 11.3 Å². The summed E-state index contributed by atoms with van der Waals surface area (Å²) < 4.78 is 0. The third kappa shape index (κ3) is 2.83. The Morgan fingerprint density at radius 1 is 0.684 bits per heavy atom. The van der Waals surface area contributed by atoms with Gasteiger partial charge < -0.3 is 0 Å². The Hall–Kier alpha value is -2.12. The Balaban J connectivity index is 2.12. The first kappa shape index (κ1) is 11.9. The number of benzene rings is 2. The van der Waals surface area contributed by atoms with Gasteiger partial charge in [0.2, 0.25) is 0 Å². The highest BCUT2D eigenvalue weighted by Gasteiger charge is 2.04. The average Bonchev–Trinajstić information content (AvgIpc) is 3.00. The molecule has 2 aromatic carbocycles. The minimum Gasteiger partial charge on any atom is -0.144 e. The first-order valence-corrected chi connectivity index (χ1v) is 7.17. The van der Waals surface area contributed by atoms with Gasteiger partial charge in [0.25, 0.3) is 0 Å². The first-order chi connectivity index (χ1) is 9.43. The Labute approximate surface area is 117 Å². The first-order valence-electron chi connectivity index (χ1n) is 6.29. The van der Waals surface area contributed by atoms with Crippen LogP contribution in [-0.2, 0) is 0 Å². The number of rotatable bonds is 3. The van der Waals surface area contributed by atoms with Crippen LogP contribution in [0.5, 0.6) is 0 Å². The number of hydrogen-bond donors (Lipinski definition) is 0. The maximum atomic E-state index is 2.26. The van der Waals surface area contributed by atoms with Gasteiger partial charge in [-0.3, -0.25) is 0 Å². The van der Waals surface area contributed by atoms with E-state index >= 15 is 0 Å². The van der Waals surface area contributed by atoms with Gasteiger partial charge in [-0.2, -0.15) is 0 Å². The van der Waals surface area contributed by atoms with Gasteiger partial charge in [-0.05, 0) is 34.2 Å². The lowest BCUT2D eigenvalue weighted by molar-refractivity contribution is 1.56. The van der Waals surface area contributed by atoms with E-state index in [1.54, 1.807) is 11.3 Å². The SMILES string of the molecule is C(=C(c1ccccc1)c1ccccc1)c1cccs1. The maximum absolute atomic E-state index is 2.26. The van der Waals surface area contributed by atoms with Crippen molar-refractivity contribution >= 4 is 23.0 Å². The fraction of sp³-hybridized carbons (Fsp3) is 0. The molecule has 0 bridgehead atoms. The van der Waals surface area contributed by atoms with Gasteiger partial charge in [-0.1, -0.05) is 66.7 Å². The number of hydrogen-bond acceptors (Lipinski definition) is 1. The summed E-state index contributed by atoms with van der Waals surface area (Å²) in [4.78, 5) is 1.28. The minimum absolute atomic E-state index is 1.25. The molecule has 19 heavy (non-hydrogen) atoms. The van der Waals surface area contributed by atoms with Crippen molar-refractivity contribution < 1.29 is 0 Å². The van der Waals surface area contributed by atoms with Gasteiger partial charge in [0, 0.05) is 4.88 Å². The summed E-state index contributed by atoms with van der Waals surface area (Å²) in [5, 5.41) is 2.11. The summed E-state index contributed by atoms with van der Waals surface area (Å²) >= 11 is 1.76. The predicted molar refractivity (Wildman–Crippen MR) is 84.2 cm³/mol. The minimum atomic E-state index is 1.25. The second kappa shape index (κ2) is 5.68. The van der Waals surface area contributed by atoms with Crippen molar-refractivity contribution in [1.29, 1.82) is 0 Å². The summed E-state index contributed by atoms with van der Waals surface area (Å²) in [7, 11) is 0. The van der Waals surface area contributed by atoms with Crippen LogP contribution in [0.15, 0.2) is 78.2 Å². The van der Waals surface area contributed by atoms with Crippen molar-refractivity contribution in [3.8, 4) is 0 Å². The van der Waals surface area contributed by atoms with Crippen molar-refractivity contribution in [3.63, 3.8) is 0 Å². The Morgan fingerprint density at radius 2 is 1.26 bits per heavy atom. The lowest BCUT2D eigenvalue weighted by atomic mass is 9.97. The molecule has 1 heterocycles. The standard InChI is InChI=1S/C18H14S/c1-3-8-15(9-4-1)18(14-17-12-7-13-19-17)16-10-5-2-6-11-16/h1-14H. The normalized spacial score (nSPS) is 10.1. The smallest absolute Gasteiger partial charge is 0.0276 e. The lowest BCUT2D eigenvalue weighted by Crippen LogP contribution is -1.86. The molecule has 0 saturated heterocycles. The van der Waals surface area contributed by atoms with E-state index in [0.717, 1.165) is 0 Å². The molecule has 0 aliphatic heterocycles. The van der Waals surface area contributed by atoms with Crippen molar-refractivity contribution in [2.24, 2.45) is 0 Å². The highest BCUT2D eigenvalue weighted by Crippen LogP contribution is 2.27. The van der Waals surface area contributed by atoms with E-state index in [9.17, 15) is 0 Å². The molecule has 92 valence electrons. The van der Waals surface area contributed by atoms with E-state index in [0.29, 0.717) is 0 Å². The van der Waals surface area contributed by atoms with Crippen LogP contribution in [0.3, 0.4) is 0 Å². The second-order valence-electron chi connectivity index (χ2n) is 4.31. The largest absolute Gasteiger partial charge is 0.144 e. The number of thiophene rings is 1. The van der Waals surface area contributed by atoms with Crippen LogP contribution in [0.1, 0.15) is 16.0 Å². The quantitative estimate of drug-likeness (QED) is 0.598. The molecule has 0 atom stereocenters. The Morgan fingerprint density at radius 3 is 1.74 bits per heavy atom.